The molecule has 25 heavy (non-hydrogen) atoms. The fraction of sp³-hybridized carbons (Fsp3) is 0.650. The molecule has 138 valence electrons. The quantitative estimate of drug-likeness (QED) is 0.844. The topological polar surface area (TPSA) is 55.8 Å². The second-order valence-electron chi connectivity index (χ2n) is 7.56. The van der Waals surface area contributed by atoms with Gasteiger partial charge in [0.2, 0.25) is 5.91 Å². The minimum atomic E-state index is -0.964. The molecule has 5 nitrogen and oxygen atoms in total. The number of aliphatic hydroxyl groups is 1. The summed E-state index contributed by atoms with van der Waals surface area (Å²) in [6.45, 7) is 4.47. The van der Waals surface area contributed by atoms with Gasteiger partial charge < -0.3 is 20.2 Å². The largest absolute Gasteiger partial charge is 0.383 e. The Hall–Kier alpha value is -1.43. The first kappa shape index (κ1) is 18.4. The number of amides is 1. The number of carbonyl (C=O) groups is 1. The van der Waals surface area contributed by atoms with Gasteiger partial charge in [-0.15, -0.1) is 0 Å². The van der Waals surface area contributed by atoms with Gasteiger partial charge in [-0.05, 0) is 51.4 Å². The number of hydrogen-bond donors (Lipinski definition) is 2. The van der Waals surface area contributed by atoms with Crippen LogP contribution in [0.1, 0.15) is 31.2 Å². The van der Waals surface area contributed by atoms with Crippen molar-refractivity contribution in [1.82, 2.24) is 15.1 Å². The van der Waals surface area contributed by atoms with Gasteiger partial charge in [-0.1, -0.05) is 30.3 Å². The van der Waals surface area contributed by atoms with E-state index in [-0.39, 0.29) is 11.9 Å². The first-order valence-corrected chi connectivity index (χ1v) is 9.57. The molecule has 1 aromatic rings. The highest BCUT2D eigenvalue weighted by Gasteiger charge is 2.28. The number of likely N-dealkylation sites (tertiary alicyclic amines) is 2. The molecule has 5 heteroatoms. The summed E-state index contributed by atoms with van der Waals surface area (Å²) in [6.07, 6.45) is 3.88. The lowest BCUT2D eigenvalue weighted by molar-refractivity contribution is -0.130. The summed E-state index contributed by atoms with van der Waals surface area (Å²) in [7, 11) is 2.19. The van der Waals surface area contributed by atoms with Gasteiger partial charge in [0, 0.05) is 31.6 Å². The summed E-state index contributed by atoms with van der Waals surface area (Å²) in [6, 6.07) is 10.6. The molecule has 3 rings (SSSR count). The predicted molar refractivity (Wildman–Crippen MR) is 99.4 cm³/mol. The summed E-state index contributed by atoms with van der Waals surface area (Å²) in [5.74, 6) is -0.235. The average molecular weight is 345 g/mol. The Morgan fingerprint density at radius 1 is 1.12 bits per heavy atom. The van der Waals surface area contributed by atoms with Crippen molar-refractivity contribution in [3.05, 3.63) is 35.9 Å². The Kier molecular flexibility index (Phi) is 6.45. The number of rotatable bonds is 5. The van der Waals surface area contributed by atoms with Crippen LogP contribution >= 0.6 is 0 Å². The van der Waals surface area contributed by atoms with Crippen LogP contribution in [0.3, 0.4) is 0 Å². The fourth-order valence-electron chi connectivity index (χ4n) is 4.00. The van der Waals surface area contributed by atoms with Crippen LogP contribution in [0.2, 0.25) is 0 Å². The van der Waals surface area contributed by atoms with Crippen molar-refractivity contribution in [3.8, 4) is 0 Å². The van der Waals surface area contributed by atoms with Crippen LogP contribution in [-0.4, -0.2) is 72.2 Å². The molecule has 0 spiro atoms. The third kappa shape index (κ3) is 5.27. The Morgan fingerprint density at radius 2 is 1.76 bits per heavy atom. The minimum absolute atomic E-state index is 0.195. The molecular weight excluding hydrogens is 314 g/mol. The lowest BCUT2D eigenvalue weighted by atomic mass is 9.97. The molecule has 2 N–H and O–H groups in total. The second-order valence-corrected chi connectivity index (χ2v) is 7.56. The molecule has 2 aliphatic heterocycles. The molecule has 0 unspecified atom stereocenters. The molecule has 0 saturated carbocycles. The second kappa shape index (κ2) is 8.79. The van der Waals surface area contributed by atoms with Gasteiger partial charge in [-0.2, -0.15) is 0 Å². The van der Waals surface area contributed by atoms with Crippen LogP contribution in [0.15, 0.2) is 30.3 Å². The van der Waals surface area contributed by atoms with E-state index >= 15 is 0 Å². The van der Waals surface area contributed by atoms with E-state index in [0.29, 0.717) is 12.5 Å². The molecule has 0 aromatic heterocycles. The molecule has 2 heterocycles. The SMILES string of the molecule is CN1CCC(N2CCC(NC(=O)[C@@H](O)Cc3ccccc3)CC2)CC1. The van der Waals surface area contributed by atoms with Crippen LogP contribution in [0.5, 0.6) is 0 Å². The van der Waals surface area contributed by atoms with Gasteiger partial charge >= 0.3 is 0 Å². The van der Waals surface area contributed by atoms with Crippen LogP contribution in [-0.2, 0) is 11.2 Å². The zero-order valence-electron chi connectivity index (χ0n) is 15.2. The van der Waals surface area contributed by atoms with Gasteiger partial charge in [-0.25, -0.2) is 0 Å². The number of benzene rings is 1. The third-order valence-corrected chi connectivity index (χ3v) is 5.65. The fourth-order valence-corrected chi connectivity index (χ4v) is 4.00. The van der Waals surface area contributed by atoms with Crippen molar-refractivity contribution in [1.29, 1.82) is 0 Å². The Balaban J connectivity index is 1.40. The first-order valence-electron chi connectivity index (χ1n) is 9.57. The Morgan fingerprint density at radius 3 is 2.40 bits per heavy atom. The molecule has 2 fully saturated rings. The highest BCUT2D eigenvalue weighted by Crippen LogP contribution is 2.20. The molecule has 1 atom stereocenters. The molecule has 0 radical (unpaired) electrons. The van der Waals surface area contributed by atoms with Crippen molar-refractivity contribution in [3.63, 3.8) is 0 Å². The first-order chi connectivity index (χ1) is 12.1. The van der Waals surface area contributed by atoms with E-state index in [1.807, 2.05) is 30.3 Å². The number of hydrogen-bond acceptors (Lipinski definition) is 4. The summed E-state index contributed by atoms with van der Waals surface area (Å²) >= 11 is 0. The van der Waals surface area contributed by atoms with Crippen molar-refractivity contribution in [2.24, 2.45) is 0 Å². The van der Waals surface area contributed by atoms with Crippen LogP contribution in [0, 0.1) is 0 Å². The lowest BCUT2D eigenvalue weighted by Gasteiger charge is -2.41. The summed E-state index contributed by atoms with van der Waals surface area (Å²) in [5, 5.41) is 13.2. The van der Waals surface area contributed by atoms with E-state index < -0.39 is 6.10 Å². The van der Waals surface area contributed by atoms with Crippen LogP contribution < -0.4 is 5.32 Å². The monoisotopic (exact) mass is 345 g/mol. The van der Waals surface area contributed by atoms with E-state index in [9.17, 15) is 9.90 Å². The Bertz CT molecular complexity index is 535. The molecule has 0 aliphatic carbocycles. The molecule has 0 bridgehead atoms. The summed E-state index contributed by atoms with van der Waals surface area (Å²) < 4.78 is 0. The van der Waals surface area contributed by atoms with Gasteiger partial charge in [0.05, 0.1) is 0 Å². The van der Waals surface area contributed by atoms with Gasteiger partial charge in [0.15, 0.2) is 0 Å². The zero-order valence-corrected chi connectivity index (χ0v) is 15.2. The smallest absolute Gasteiger partial charge is 0.249 e. The number of aliphatic hydroxyl groups excluding tert-OH is 1. The van der Waals surface area contributed by atoms with Crippen molar-refractivity contribution < 1.29 is 9.90 Å². The number of nitrogens with zero attached hydrogens (tertiary/aromatic N) is 2. The number of piperidine rings is 2. The van der Waals surface area contributed by atoms with Crippen LogP contribution in [0.25, 0.3) is 0 Å². The molecule has 1 aromatic carbocycles. The normalized spacial score (nSPS) is 22.6. The number of nitrogens with one attached hydrogen (secondary N) is 1. The van der Waals surface area contributed by atoms with Gasteiger partial charge in [0.1, 0.15) is 6.10 Å². The highest BCUT2D eigenvalue weighted by atomic mass is 16.3. The molecule has 2 aliphatic rings. The molecular formula is C20H31N3O2. The average Bonchev–Trinajstić information content (AvgIpc) is 2.64. The predicted octanol–water partition coefficient (Wildman–Crippen LogP) is 1.26. The summed E-state index contributed by atoms with van der Waals surface area (Å²) in [5.41, 5.74) is 0.988. The van der Waals surface area contributed by atoms with Gasteiger partial charge in [0.25, 0.3) is 0 Å². The van der Waals surface area contributed by atoms with E-state index in [2.05, 4.69) is 22.2 Å². The van der Waals surface area contributed by atoms with E-state index in [0.717, 1.165) is 31.5 Å². The molecule has 1 amide bonds. The molecule has 2 saturated heterocycles. The minimum Gasteiger partial charge on any atom is -0.383 e. The van der Waals surface area contributed by atoms with E-state index in [4.69, 9.17) is 0 Å². The van der Waals surface area contributed by atoms with E-state index in [1.165, 1.54) is 25.9 Å². The van der Waals surface area contributed by atoms with Crippen molar-refractivity contribution in [2.75, 3.05) is 33.2 Å². The maximum Gasteiger partial charge on any atom is 0.249 e. The Labute approximate surface area is 151 Å². The maximum absolute atomic E-state index is 12.3. The zero-order chi connectivity index (χ0) is 17.6. The van der Waals surface area contributed by atoms with Crippen molar-refractivity contribution >= 4 is 5.91 Å². The van der Waals surface area contributed by atoms with E-state index in [1.54, 1.807) is 0 Å². The third-order valence-electron chi connectivity index (χ3n) is 5.65. The summed E-state index contributed by atoms with van der Waals surface area (Å²) in [4.78, 5) is 17.2. The van der Waals surface area contributed by atoms with Crippen molar-refractivity contribution in [2.45, 2.75) is 50.3 Å². The maximum atomic E-state index is 12.3. The van der Waals surface area contributed by atoms with Gasteiger partial charge in [-0.3, -0.25) is 4.79 Å². The standard InChI is InChI=1S/C20H31N3O2/c1-22-11-9-18(10-12-22)23-13-7-17(8-14-23)21-20(25)19(24)15-16-5-3-2-4-6-16/h2-6,17-19,24H,7-15H2,1H3,(H,21,25)/t19-/m0/s1. The lowest BCUT2D eigenvalue weighted by Crippen LogP contribution is -2.52. The van der Waals surface area contributed by atoms with Crippen LogP contribution in [0.4, 0.5) is 0 Å². The number of carbonyl (C=O) groups excluding carboxylic acids is 1. The highest BCUT2D eigenvalue weighted by molar-refractivity contribution is 5.81.